The van der Waals surface area contributed by atoms with E-state index in [2.05, 4.69) is 0 Å². The van der Waals surface area contributed by atoms with Crippen LogP contribution >= 0.6 is 0 Å². The number of carbonyl (C=O) groups excluding carboxylic acids is 4. The maximum atomic E-state index is 10.2. The van der Waals surface area contributed by atoms with Crippen LogP contribution in [0.1, 0.15) is 0 Å². The summed E-state index contributed by atoms with van der Waals surface area (Å²) in [4.78, 5) is 41.0. The van der Waals surface area contributed by atoms with Crippen molar-refractivity contribution in [2.24, 2.45) is 0 Å². The molecule has 0 aliphatic heterocycles. The van der Waals surface area contributed by atoms with Gasteiger partial charge < -0.3 is 0 Å². The van der Waals surface area contributed by atoms with Crippen LogP contribution in [0.3, 0.4) is 0 Å². The number of carbonyl (C=O) groups is 4. The van der Waals surface area contributed by atoms with Gasteiger partial charge in [0.1, 0.15) is 0 Å². The first-order valence-electron chi connectivity index (χ1n) is 1.91. The molecule has 0 bridgehead atoms. The Bertz CT molecular complexity index is 158. The Morgan fingerprint density at radius 2 is 1.00 bits per heavy atom. The van der Waals surface area contributed by atoms with E-state index in [9.17, 15) is 19.2 Å². The summed E-state index contributed by atoms with van der Waals surface area (Å²) in [6, 6.07) is 0. The predicted octanol–water partition coefficient (Wildman–Crippen LogP) is -1.75. The molecule has 0 aromatic rings. The fraction of sp³-hybridized carbons (Fsp3) is 0. The second-order valence-electron chi connectivity index (χ2n) is 1.43. The first kappa shape index (κ1) is 9.99. The van der Waals surface area contributed by atoms with Gasteiger partial charge in [0.15, 0.2) is 0 Å². The molecule has 0 saturated carbocycles. The molecule has 58 valence electrons. The van der Waals surface area contributed by atoms with Gasteiger partial charge >= 0.3 is 68.8 Å². The first-order valence-corrected chi connectivity index (χ1v) is 9.44. The third-order valence-corrected chi connectivity index (χ3v) is 7.26. The number of hydrogen-bond donors (Lipinski definition) is 0. The van der Waals surface area contributed by atoms with E-state index in [0.29, 0.717) is 0 Å². The zero-order chi connectivity index (χ0) is 8.28. The Labute approximate surface area is 68.7 Å². The van der Waals surface area contributed by atoms with Crippen LogP contribution in [0, 0.1) is 0 Å². The third-order valence-electron chi connectivity index (χ3n) is 0.726. The van der Waals surface area contributed by atoms with Crippen LogP contribution in [0.2, 0.25) is 0 Å². The molecule has 0 aromatic carbocycles. The van der Waals surface area contributed by atoms with E-state index in [4.69, 9.17) is 0 Å². The fourth-order valence-electron chi connectivity index (χ4n) is 0.111. The Balaban J connectivity index is 5.16. The molecule has 2 radical (unpaired) electrons. The topological polar surface area (TPSA) is 68.3 Å². The van der Waals surface area contributed by atoms with E-state index >= 15 is 0 Å². The molecule has 0 unspecified atom stereocenters. The van der Waals surface area contributed by atoms with Crippen LogP contribution in [0.4, 0.5) is 0 Å². The number of hydrogen-bond acceptors (Lipinski definition) is 4. The maximum absolute atomic E-state index is 10.2. The van der Waals surface area contributed by atoms with Gasteiger partial charge in [0.25, 0.3) is 0 Å². The summed E-state index contributed by atoms with van der Waals surface area (Å²) in [6.07, 6.45) is 0. The van der Waals surface area contributed by atoms with E-state index in [1.807, 2.05) is 0 Å². The molecule has 0 fully saturated rings. The van der Waals surface area contributed by atoms with Crippen molar-refractivity contribution in [3.05, 3.63) is 0 Å². The summed E-state index contributed by atoms with van der Waals surface area (Å²) in [6.45, 7) is 0. The molecule has 0 spiro atoms. The summed E-state index contributed by atoms with van der Waals surface area (Å²) in [5, 5.41) is 0.831. The molecule has 0 heterocycles. The minimum atomic E-state index is -3.73. The van der Waals surface area contributed by atoms with Gasteiger partial charge in [-0.25, -0.2) is 0 Å². The Morgan fingerprint density at radius 3 is 1.00 bits per heavy atom. The van der Waals surface area contributed by atoms with Crippen molar-refractivity contribution >= 4 is 41.2 Å². The molecule has 4 nitrogen and oxygen atoms in total. The molecule has 0 aliphatic rings. The van der Waals surface area contributed by atoms with Crippen LogP contribution in [0.15, 0.2) is 0 Å². The van der Waals surface area contributed by atoms with Gasteiger partial charge in [-0.15, -0.1) is 0 Å². The summed E-state index contributed by atoms with van der Waals surface area (Å²) >= 11 is 0.0764. The van der Waals surface area contributed by atoms with Crippen LogP contribution in [0.25, 0.3) is 0 Å². The minimum absolute atomic E-state index is 0.0764. The van der Waals surface area contributed by atoms with Crippen molar-refractivity contribution in [2.45, 2.75) is 0 Å². The van der Waals surface area contributed by atoms with E-state index < -0.39 is 8.37 Å². The standard InChI is InChI=1S/4CHO.Co.Sn.H/c4*1-2;;;/h4*1H;;;. The van der Waals surface area contributed by atoms with Gasteiger partial charge in [0.05, 0.1) is 0 Å². The summed E-state index contributed by atoms with van der Waals surface area (Å²) in [7, 11) is -3.73. The van der Waals surface area contributed by atoms with Crippen molar-refractivity contribution < 1.29 is 27.5 Å². The number of rotatable bonds is 4. The van der Waals surface area contributed by atoms with Gasteiger partial charge in [-0.2, -0.15) is 0 Å². The average molecular weight is 295 g/mol. The summed E-state index contributed by atoms with van der Waals surface area (Å²) < 4.78 is 0. The molecule has 0 N–H and O–H groups in total. The Kier molecular flexibility index (Phi) is 2.92. The molecule has 0 saturated heterocycles. The summed E-state index contributed by atoms with van der Waals surface area (Å²) in [5.74, 6) is 0. The van der Waals surface area contributed by atoms with Crippen molar-refractivity contribution in [3.8, 4) is 0 Å². The van der Waals surface area contributed by atoms with Crippen LogP contribution in [-0.4, -0.2) is 41.2 Å². The van der Waals surface area contributed by atoms with Gasteiger partial charge in [-0.3, -0.25) is 0 Å². The van der Waals surface area contributed by atoms with Crippen molar-refractivity contribution in [3.63, 3.8) is 0 Å². The van der Waals surface area contributed by atoms with Crippen molar-refractivity contribution in [2.75, 3.05) is 0 Å². The van der Waals surface area contributed by atoms with E-state index in [0.717, 1.165) is 0 Å². The predicted molar refractivity (Wildman–Crippen MR) is 34.2 cm³/mol. The molecule has 0 rings (SSSR count). The Morgan fingerprint density at radius 1 is 0.800 bits per heavy atom. The van der Waals surface area contributed by atoms with Crippen LogP contribution in [-0.2, 0) is 27.5 Å². The van der Waals surface area contributed by atoms with Crippen LogP contribution in [0.5, 0.6) is 0 Å². The molecular weight excluding hydrogens is 290 g/mol. The molecule has 10 heavy (non-hydrogen) atoms. The Hall–Kier alpha value is -0.0148. The monoisotopic (exact) mass is 296 g/mol. The second-order valence-corrected chi connectivity index (χ2v) is 16.3. The average Bonchev–Trinajstić information content (AvgIpc) is 2.04. The van der Waals surface area contributed by atoms with Crippen molar-refractivity contribution in [1.29, 1.82) is 0 Å². The molecule has 6 heteroatoms. The normalized spacial score (nSPS) is 14.3. The van der Waals surface area contributed by atoms with Crippen molar-refractivity contribution in [1.82, 2.24) is 0 Å². The van der Waals surface area contributed by atoms with E-state index in [1.54, 1.807) is 0 Å². The van der Waals surface area contributed by atoms with E-state index in [-0.39, 0.29) is 41.2 Å². The second kappa shape index (κ2) is 2.93. The van der Waals surface area contributed by atoms with Gasteiger partial charge in [0.2, 0.25) is 0 Å². The van der Waals surface area contributed by atoms with Crippen LogP contribution < -0.4 is 0 Å². The van der Waals surface area contributed by atoms with Gasteiger partial charge in [-0.05, 0) is 0 Å². The molecular formula is C4H5CoO4Sn. The molecule has 0 amide bonds. The third kappa shape index (κ3) is 1.52. The van der Waals surface area contributed by atoms with Gasteiger partial charge in [0, 0.05) is 0 Å². The molecule has 0 atom stereocenters. The zero-order valence-corrected chi connectivity index (χ0v) is 9.19. The van der Waals surface area contributed by atoms with E-state index in [1.165, 1.54) is 0 Å². The quantitative estimate of drug-likeness (QED) is 0.456. The fourth-order valence-corrected chi connectivity index (χ4v) is 0.458. The zero-order valence-electron chi connectivity index (χ0n) is 4.85. The first-order chi connectivity index (χ1) is 4.54. The SMILES string of the molecule is O=[CH][Co]([SnH])([CH]=O)([CH]=O)[CH]=O. The molecule has 0 aromatic heterocycles. The van der Waals surface area contributed by atoms with Gasteiger partial charge in [-0.1, -0.05) is 0 Å². The summed E-state index contributed by atoms with van der Waals surface area (Å²) in [5.41, 5.74) is 0. The molecule has 0 aliphatic carbocycles.